The third kappa shape index (κ3) is 4.84. The molecule has 0 aromatic heterocycles. The molecule has 2 rings (SSSR count). The minimum atomic E-state index is -1.65. The first kappa shape index (κ1) is 18.0. The van der Waals surface area contributed by atoms with Gasteiger partial charge >= 0.3 is 11.9 Å². The lowest BCUT2D eigenvalue weighted by Crippen LogP contribution is -2.44. The molecule has 0 fully saturated rings. The number of carbonyl (C=O) groups excluding carboxylic acids is 1. The van der Waals surface area contributed by atoms with Crippen molar-refractivity contribution < 1.29 is 19.4 Å². The molecule has 2 unspecified atom stereocenters. The fourth-order valence-electron chi connectivity index (χ4n) is 2.12. The van der Waals surface area contributed by atoms with Gasteiger partial charge in [0.1, 0.15) is 6.04 Å². The van der Waals surface area contributed by atoms with Gasteiger partial charge in [0.25, 0.3) is 0 Å². The van der Waals surface area contributed by atoms with E-state index in [1.54, 1.807) is 24.3 Å². The van der Waals surface area contributed by atoms with Crippen LogP contribution in [0.1, 0.15) is 11.6 Å². The highest BCUT2D eigenvalue weighted by atomic mass is 35.5. The molecule has 0 aliphatic carbocycles. The Morgan fingerprint density at radius 3 is 2.62 bits per heavy atom. The highest BCUT2D eigenvalue weighted by molar-refractivity contribution is 6.30. The topological polar surface area (TPSA) is 103 Å². The molecule has 0 radical (unpaired) electrons. The lowest BCUT2D eigenvalue weighted by molar-refractivity contribution is -0.168. The Hall–Kier alpha value is -2.32. The molecule has 1 aliphatic rings. The van der Waals surface area contributed by atoms with Crippen LogP contribution in [-0.4, -0.2) is 61.3 Å². The average Bonchev–Trinajstić information content (AvgIpc) is 2.90. The number of ether oxygens (including phenoxy) is 1. The van der Waals surface area contributed by atoms with Crippen molar-refractivity contribution in [3.63, 3.8) is 0 Å². The normalized spacial score (nSPS) is 19.6. The molecule has 0 saturated heterocycles. The van der Waals surface area contributed by atoms with Crippen LogP contribution in [0.4, 0.5) is 0 Å². The fraction of sp³-hybridized carbons (Fsp3) is 0.400. The number of hydrogen-bond donors (Lipinski definition) is 3. The maximum absolute atomic E-state index is 11.4. The van der Waals surface area contributed by atoms with Gasteiger partial charge in [-0.2, -0.15) is 0 Å². The van der Waals surface area contributed by atoms with Gasteiger partial charge in [-0.25, -0.2) is 14.6 Å². The minimum Gasteiger partial charge on any atom is -0.473 e. The molecule has 2 atom stereocenters. The Morgan fingerprint density at radius 2 is 2.04 bits per heavy atom. The highest BCUT2D eigenvalue weighted by Crippen LogP contribution is 2.27. The molecule has 1 aromatic rings. The quantitative estimate of drug-likeness (QED) is 0.521. The molecule has 130 valence electrons. The first-order valence-corrected chi connectivity index (χ1v) is 7.67. The molecule has 3 N–H and O–H groups in total. The van der Waals surface area contributed by atoms with Gasteiger partial charge in [-0.1, -0.05) is 23.7 Å². The maximum atomic E-state index is 11.4. The number of aliphatic imine (C=N–C) groups is 1. The number of halogens is 1. The zero-order valence-corrected chi connectivity index (χ0v) is 14.1. The van der Waals surface area contributed by atoms with E-state index >= 15 is 0 Å². The average molecular weight is 355 g/mol. The van der Waals surface area contributed by atoms with Crippen molar-refractivity contribution in [1.29, 1.82) is 0 Å². The number of rotatable bonds is 5. The third-order valence-corrected chi connectivity index (χ3v) is 3.56. The summed E-state index contributed by atoms with van der Waals surface area (Å²) in [6.07, 6.45) is -0.906. The van der Waals surface area contributed by atoms with Gasteiger partial charge < -0.3 is 25.4 Å². The van der Waals surface area contributed by atoms with E-state index in [9.17, 15) is 9.59 Å². The van der Waals surface area contributed by atoms with E-state index < -0.39 is 24.2 Å². The number of carboxylic acid groups (broad SMARTS) is 1. The van der Waals surface area contributed by atoms with Gasteiger partial charge in [-0.15, -0.1) is 0 Å². The number of guanidine groups is 1. The highest BCUT2D eigenvalue weighted by Gasteiger charge is 2.34. The predicted molar refractivity (Wildman–Crippen MR) is 88.8 cm³/mol. The van der Waals surface area contributed by atoms with Crippen LogP contribution in [0.5, 0.6) is 0 Å². The van der Waals surface area contributed by atoms with Gasteiger partial charge in [-0.05, 0) is 31.8 Å². The number of hydrogen-bond acceptors (Lipinski definition) is 7. The third-order valence-electron chi connectivity index (χ3n) is 3.31. The monoisotopic (exact) mass is 354 g/mol. The van der Waals surface area contributed by atoms with Crippen molar-refractivity contribution in [3.8, 4) is 0 Å². The molecule has 1 aliphatic heterocycles. The van der Waals surface area contributed by atoms with Crippen molar-refractivity contribution in [1.82, 2.24) is 15.5 Å². The zero-order chi connectivity index (χ0) is 17.7. The predicted octanol–water partition coefficient (Wildman–Crippen LogP) is 0.445. The molecule has 0 bridgehead atoms. The Kier molecular flexibility index (Phi) is 5.99. The molecule has 9 heteroatoms. The Labute approximate surface area is 144 Å². The summed E-state index contributed by atoms with van der Waals surface area (Å²) in [6.45, 7) is 1.41. The first-order valence-electron chi connectivity index (χ1n) is 7.29. The molecule has 0 saturated carbocycles. The summed E-state index contributed by atoms with van der Waals surface area (Å²) in [6, 6.07) is 6.33. The summed E-state index contributed by atoms with van der Waals surface area (Å²) in [5.41, 5.74) is 0.750. The number of benzene rings is 1. The van der Waals surface area contributed by atoms with E-state index in [0.717, 1.165) is 12.1 Å². The van der Waals surface area contributed by atoms with Crippen LogP contribution in [0.2, 0.25) is 5.02 Å². The molecular weight excluding hydrogens is 336 g/mol. The second kappa shape index (κ2) is 7.98. The second-order valence-electron chi connectivity index (χ2n) is 5.48. The van der Waals surface area contributed by atoms with Crippen molar-refractivity contribution >= 4 is 29.5 Å². The van der Waals surface area contributed by atoms with Gasteiger partial charge in [-0.3, -0.25) is 0 Å². The SMILES string of the molecule is CN(C)CCNC1=NC(c2ccc(Cl)cc2)C(OC(=O)C(=O)O)N1. The van der Waals surface area contributed by atoms with E-state index in [1.165, 1.54) is 0 Å². The van der Waals surface area contributed by atoms with Crippen LogP contribution in [0.25, 0.3) is 0 Å². The van der Waals surface area contributed by atoms with E-state index in [4.69, 9.17) is 21.4 Å². The summed E-state index contributed by atoms with van der Waals surface area (Å²) in [5, 5.41) is 15.3. The number of carbonyl (C=O) groups is 2. The van der Waals surface area contributed by atoms with Gasteiger partial charge in [0.15, 0.2) is 5.96 Å². The zero-order valence-electron chi connectivity index (χ0n) is 13.3. The second-order valence-corrected chi connectivity index (χ2v) is 5.92. The lowest BCUT2D eigenvalue weighted by Gasteiger charge is -2.18. The van der Waals surface area contributed by atoms with Crippen LogP contribution in [0.15, 0.2) is 29.3 Å². The first-order chi connectivity index (χ1) is 11.4. The smallest absolute Gasteiger partial charge is 0.419 e. The summed E-state index contributed by atoms with van der Waals surface area (Å²) in [5.74, 6) is -2.54. The number of esters is 1. The van der Waals surface area contributed by atoms with Crippen LogP contribution >= 0.6 is 11.6 Å². The van der Waals surface area contributed by atoms with Crippen molar-refractivity contribution in [2.45, 2.75) is 12.3 Å². The summed E-state index contributed by atoms with van der Waals surface area (Å²) in [4.78, 5) is 28.5. The van der Waals surface area contributed by atoms with Crippen LogP contribution in [-0.2, 0) is 14.3 Å². The van der Waals surface area contributed by atoms with Crippen LogP contribution in [0, 0.1) is 0 Å². The molecule has 24 heavy (non-hydrogen) atoms. The van der Waals surface area contributed by atoms with Gasteiger partial charge in [0.05, 0.1) is 0 Å². The maximum Gasteiger partial charge on any atom is 0.419 e. The largest absolute Gasteiger partial charge is 0.473 e. The Morgan fingerprint density at radius 1 is 1.38 bits per heavy atom. The van der Waals surface area contributed by atoms with E-state index in [2.05, 4.69) is 15.6 Å². The number of carboxylic acids is 1. The molecule has 1 aromatic carbocycles. The minimum absolute atomic E-state index is 0.444. The van der Waals surface area contributed by atoms with Crippen LogP contribution in [0.3, 0.4) is 0 Å². The molecule has 1 heterocycles. The molecular formula is C15H19ClN4O4. The number of nitrogens with zero attached hydrogens (tertiary/aromatic N) is 2. The Balaban J connectivity index is 2.12. The lowest BCUT2D eigenvalue weighted by atomic mass is 10.1. The van der Waals surface area contributed by atoms with Gasteiger partial charge in [0.2, 0.25) is 6.23 Å². The summed E-state index contributed by atoms with van der Waals surface area (Å²) < 4.78 is 4.98. The summed E-state index contributed by atoms with van der Waals surface area (Å²) in [7, 11) is 3.89. The molecule has 0 amide bonds. The van der Waals surface area contributed by atoms with Gasteiger partial charge in [0, 0.05) is 18.1 Å². The van der Waals surface area contributed by atoms with Crippen molar-refractivity contribution in [3.05, 3.63) is 34.9 Å². The van der Waals surface area contributed by atoms with E-state index in [1.807, 2.05) is 19.0 Å². The fourth-order valence-corrected chi connectivity index (χ4v) is 2.25. The number of aliphatic carboxylic acids is 1. The van der Waals surface area contributed by atoms with E-state index in [-0.39, 0.29) is 0 Å². The van der Waals surface area contributed by atoms with Crippen molar-refractivity contribution in [2.24, 2.45) is 4.99 Å². The van der Waals surface area contributed by atoms with Crippen molar-refractivity contribution in [2.75, 3.05) is 27.2 Å². The summed E-state index contributed by atoms with van der Waals surface area (Å²) >= 11 is 5.88. The van der Waals surface area contributed by atoms with Crippen LogP contribution < -0.4 is 10.6 Å². The number of nitrogens with one attached hydrogen (secondary N) is 2. The standard InChI is InChI=1S/C15H19ClN4O4/c1-20(2)8-7-17-15-18-11(9-3-5-10(16)6-4-9)12(19-15)24-14(23)13(21)22/h3-6,11-12H,7-8H2,1-2H3,(H,21,22)(H2,17,18,19). The van der Waals surface area contributed by atoms with E-state index in [0.29, 0.717) is 17.5 Å². The Bertz CT molecular complexity index is 633. The molecule has 8 nitrogen and oxygen atoms in total. The number of likely N-dealkylation sites (N-methyl/N-ethyl adjacent to an activating group) is 1. The molecule has 0 spiro atoms.